The highest BCUT2D eigenvalue weighted by molar-refractivity contribution is 5.88. The molecule has 0 atom stereocenters. The van der Waals surface area contributed by atoms with E-state index in [0.717, 1.165) is 11.1 Å². The van der Waals surface area contributed by atoms with Crippen LogP contribution in [0.1, 0.15) is 26.5 Å². The van der Waals surface area contributed by atoms with Crippen LogP contribution in [0.3, 0.4) is 0 Å². The van der Waals surface area contributed by atoms with Crippen molar-refractivity contribution in [3.63, 3.8) is 0 Å². The Labute approximate surface area is 145 Å². The minimum absolute atomic E-state index is 0.0296. The van der Waals surface area contributed by atoms with Crippen molar-refractivity contribution in [2.75, 3.05) is 11.9 Å². The lowest BCUT2D eigenvalue weighted by Gasteiger charge is -2.19. The Morgan fingerprint density at radius 1 is 1.24 bits per heavy atom. The second-order valence-electron chi connectivity index (χ2n) is 7.27. The number of hydroxylamine groups is 1. The van der Waals surface area contributed by atoms with Crippen LogP contribution in [-0.2, 0) is 11.2 Å². The number of anilines is 1. The van der Waals surface area contributed by atoms with Gasteiger partial charge in [-0.3, -0.25) is 14.4 Å². The van der Waals surface area contributed by atoms with Crippen LogP contribution in [0.5, 0.6) is 5.75 Å². The Balaban J connectivity index is 2.23. The van der Waals surface area contributed by atoms with Crippen LogP contribution in [0, 0.1) is 5.41 Å². The Kier molecular flexibility index (Phi) is 4.26. The number of aromatic nitrogens is 2. The van der Waals surface area contributed by atoms with Gasteiger partial charge in [0.25, 0.3) is 5.91 Å². The number of hydrogen-bond donors (Lipinski definition) is 4. The second-order valence-corrected chi connectivity index (χ2v) is 7.27. The van der Waals surface area contributed by atoms with Gasteiger partial charge in [-0.2, -0.15) is 0 Å². The molecule has 0 radical (unpaired) electrons. The second kappa shape index (κ2) is 6.25. The molecular formula is C18H22N4O3. The molecule has 0 aliphatic rings. The number of imidazole rings is 1. The van der Waals surface area contributed by atoms with Crippen LogP contribution in [0.4, 0.5) is 5.82 Å². The number of para-hydroxylation sites is 1. The monoisotopic (exact) mass is 342 g/mol. The predicted octanol–water partition coefficient (Wildman–Crippen LogP) is 2.70. The van der Waals surface area contributed by atoms with Crippen LogP contribution < -0.4 is 10.8 Å². The van der Waals surface area contributed by atoms with Crippen LogP contribution >= 0.6 is 0 Å². The molecule has 2 heterocycles. The van der Waals surface area contributed by atoms with E-state index in [-0.39, 0.29) is 17.7 Å². The number of phenols is 1. The fourth-order valence-corrected chi connectivity index (χ4v) is 2.94. The van der Waals surface area contributed by atoms with E-state index in [1.807, 2.05) is 22.6 Å². The molecule has 7 heteroatoms. The Morgan fingerprint density at radius 3 is 2.68 bits per heavy atom. The molecule has 0 bridgehead atoms. The van der Waals surface area contributed by atoms with E-state index < -0.39 is 5.91 Å². The van der Waals surface area contributed by atoms with Crippen LogP contribution in [0.15, 0.2) is 30.3 Å². The summed E-state index contributed by atoms with van der Waals surface area (Å²) in [6.45, 7) is 6.24. The largest absolute Gasteiger partial charge is 0.506 e. The molecule has 3 aromatic rings. The van der Waals surface area contributed by atoms with E-state index in [0.29, 0.717) is 23.4 Å². The molecule has 4 N–H and O–H groups in total. The number of benzene rings is 1. The Hall–Kier alpha value is -2.80. The van der Waals surface area contributed by atoms with Crippen LogP contribution in [0.25, 0.3) is 16.6 Å². The van der Waals surface area contributed by atoms with E-state index in [1.54, 1.807) is 17.6 Å². The molecule has 1 amide bonds. The molecule has 0 aliphatic heterocycles. The summed E-state index contributed by atoms with van der Waals surface area (Å²) in [5, 5.41) is 23.0. The summed E-state index contributed by atoms with van der Waals surface area (Å²) in [7, 11) is 0. The average Bonchev–Trinajstić information content (AvgIpc) is 2.89. The highest BCUT2D eigenvalue weighted by Crippen LogP contribution is 2.32. The maximum atomic E-state index is 11.4. The summed E-state index contributed by atoms with van der Waals surface area (Å²) in [5.41, 5.74) is 3.81. The molecule has 0 aliphatic carbocycles. The Bertz CT molecular complexity index is 941. The number of pyridine rings is 1. The first-order valence-electron chi connectivity index (χ1n) is 8.09. The zero-order valence-electron chi connectivity index (χ0n) is 14.5. The number of rotatable bonds is 4. The molecule has 132 valence electrons. The van der Waals surface area contributed by atoms with Gasteiger partial charge in [-0.25, -0.2) is 10.5 Å². The molecule has 0 saturated heterocycles. The number of hydrogen-bond acceptors (Lipinski definition) is 5. The average molecular weight is 342 g/mol. The number of phenolic OH excluding ortho intramolecular Hbond substituents is 1. The fourth-order valence-electron chi connectivity index (χ4n) is 2.94. The third-order valence-corrected chi connectivity index (χ3v) is 3.92. The van der Waals surface area contributed by atoms with E-state index in [1.165, 1.54) is 0 Å². The standard InChI is InChI=1S/C18H22N4O3/c1-18(2,3)9-12-17(19-10-15(24)21-25)20-14-8-7-11-5-4-6-13(23)16(11)22(12)14/h4-8,19,23,25H,9-10H2,1-3H3,(H,21,24). The number of aromatic hydroxyl groups is 1. The van der Waals surface area contributed by atoms with Crippen molar-refractivity contribution in [3.05, 3.63) is 36.0 Å². The highest BCUT2D eigenvalue weighted by atomic mass is 16.5. The molecule has 1 aromatic carbocycles. The first-order chi connectivity index (χ1) is 11.8. The zero-order valence-corrected chi connectivity index (χ0v) is 14.5. The number of nitrogens with zero attached hydrogens (tertiary/aromatic N) is 2. The minimum Gasteiger partial charge on any atom is -0.506 e. The summed E-state index contributed by atoms with van der Waals surface area (Å²) in [5.74, 6) is 0.191. The first-order valence-corrected chi connectivity index (χ1v) is 8.09. The lowest BCUT2D eigenvalue weighted by Crippen LogP contribution is -2.27. The quantitative estimate of drug-likeness (QED) is 0.432. The molecule has 2 aromatic heterocycles. The van der Waals surface area contributed by atoms with E-state index >= 15 is 0 Å². The number of fused-ring (bicyclic) bond motifs is 3. The molecule has 3 rings (SSSR count). The van der Waals surface area contributed by atoms with Crippen molar-refractivity contribution in [2.24, 2.45) is 5.41 Å². The maximum absolute atomic E-state index is 11.4. The van der Waals surface area contributed by atoms with Gasteiger partial charge in [0.05, 0.1) is 17.8 Å². The van der Waals surface area contributed by atoms with Crippen molar-refractivity contribution >= 4 is 28.3 Å². The van der Waals surface area contributed by atoms with Gasteiger partial charge in [-0.15, -0.1) is 0 Å². The zero-order chi connectivity index (χ0) is 18.2. The molecule has 0 saturated carbocycles. The summed E-state index contributed by atoms with van der Waals surface area (Å²) >= 11 is 0. The van der Waals surface area contributed by atoms with Gasteiger partial charge in [0.15, 0.2) is 0 Å². The molecule has 0 unspecified atom stereocenters. The lowest BCUT2D eigenvalue weighted by atomic mass is 9.90. The molecule has 0 fully saturated rings. The highest BCUT2D eigenvalue weighted by Gasteiger charge is 2.21. The normalized spacial score (nSPS) is 11.8. The SMILES string of the molecule is CC(C)(C)Cc1c(NCC(=O)NO)nc2ccc3cccc(O)c3n12. The first kappa shape index (κ1) is 17.0. The van der Waals surface area contributed by atoms with Gasteiger partial charge in [0.2, 0.25) is 0 Å². The molecule has 0 spiro atoms. The van der Waals surface area contributed by atoms with Gasteiger partial charge < -0.3 is 10.4 Å². The Morgan fingerprint density at radius 2 is 2.00 bits per heavy atom. The van der Waals surface area contributed by atoms with Crippen molar-refractivity contribution in [1.82, 2.24) is 14.9 Å². The lowest BCUT2D eigenvalue weighted by molar-refractivity contribution is -0.127. The van der Waals surface area contributed by atoms with Crippen molar-refractivity contribution in [3.8, 4) is 5.75 Å². The van der Waals surface area contributed by atoms with Crippen LogP contribution in [0.2, 0.25) is 0 Å². The van der Waals surface area contributed by atoms with Gasteiger partial charge in [0.1, 0.15) is 17.2 Å². The third kappa shape index (κ3) is 3.36. The topological polar surface area (TPSA) is 98.9 Å². The van der Waals surface area contributed by atoms with E-state index in [2.05, 4.69) is 31.1 Å². The number of carbonyl (C=O) groups is 1. The smallest absolute Gasteiger partial charge is 0.262 e. The molecular weight excluding hydrogens is 320 g/mol. The number of nitrogens with one attached hydrogen (secondary N) is 2. The summed E-state index contributed by atoms with van der Waals surface area (Å²) in [4.78, 5) is 15.9. The van der Waals surface area contributed by atoms with Crippen molar-refractivity contribution in [1.29, 1.82) is 0 Å². The van der Waals surface area contributed by atoms with Crippen molar-refractivity contribution < 1.29 is 15.1 Å². The summed E-state index contributed by atoms with van der Waals surface area (Å²) in [6.07, 6.45) is 0.685. The van der Waals surface area contributed by atoms with Gasteiger partial charge in [-0.1, -0.05) is 32.9 Å². The molecule has 7 nitrogen and oxygen atoms in total. The number of amides is 1. The number of carbonyl (C=O) groups excluding carboxylic acids is 1. The van der Waals surface area contributed by atoms with Gasteiger partial charge in [0, 0.05) is 5.39 Å². The predicted molar refractivity (Wildman–Crippen MR) is 95.9 cm³/mol. The van der Waals surface area contributed by atoms with Gasteiger partial charge >= 0.3 is 0 Å². The van der Waals surface area contributed by atoms with Gasteiger partial charge in [-0.05, 0) is 30.0 Å². The summed E-state index contributed by atoms with van der Waals surface area (Å²) < 4.78 is 1.93. The summed E-state index contributed by atoms with van der Waals surface area (Å²) in [6, 6.07) is 9.17. The maximum Gasteiger partial charge on any atom is 0.262 e. The van der Waals surface area contributed by atoms with Crippen LogP contribution in [-0.4, -0.2) is 32.2 Å². The van der Waals surface area contributed by atoms with E-state index in [9.17, 15) is 9.90 Å². The van der Waals surface area contributed by atoms with Crippen molar-refractivity contribution in [2.45, 2.75) is 27.2 Å². The minimum atomic E-state index is -0.550. The molecule has 25 heavy (non-hydrogen) atoms. The third-order valence-electron chi connectivity index (χ3n) is 3.92. The fraction of sp³-hybridized carbons (Fsp3) is 0.333. The van der Waals surface area contributed by atoms with E-state index in [4.69, 9.17) is 5.21 Å².